The zero-order valence-electron chi connectivity index (χ0n) is 17.5. The highest BCUT2D eigenvalue weighted by atomic mass is 32.2. The molecule has 0 saturated carbocycles. The fraction of sp³-hybridized carbons (Fsp3) is 0.458. The number of nitrogens with one attached hydrogen (secondary N) is 1. The topological polar surface area (TPSA) is 56.8 Å². The van der Waals surface area contributed by atoms with Crippen LogP contribution in [0.1, 0.15) is 50.5 Å². The molecule has 4 rings (SSSR count). The lowest BCUT2D eigenvalue weighted by molar-refractivity contribution is -0.200. The molecule has 2 atom stereocenters. The van der Waals surface area contributed by atoms with Crippen LogP contribution in [0.5, 0.6) is 11.5 Å². The van der Waals surface area contributed by atoms with Gasteiger partial charge in [-0.3, -0.25) is 4.79 Å². The van der Waals surface area contributed by atoms with Crippen LogP contribution in [-0.4, -0.2) is 24.6 Å². The lowest BCUT2D eigenvalue weighted by atomic mass is 9.88. The van der Waals surface area contributed by atoms with Crippen LogP contribution in [0, 0.1) is 5.82 Å². The van der Waals surface area contributed by atoms with Gasteiger partial charge >= 0.3 is 0 Å². The molecule has 0 spiro atoms. The van der Waals surface area contributed by atoms with Crippen LogP contribution in [0.15, 0.2) is 48.5 Å². The SMILES string of the molecule is O=C(CC1(c2ccc(Oc3ccc(F)cc3)cc2)CCCCS1)NOC1CCCCO1. The second kappa shape index (κ2) is 10.5. The van der Waals surface area contributed by atoms with E-state index in [1.54, 1.807) is 12.1 Å². The number of halogens is 1. The molecule has 1 amide bonds. The van der Waals surface area contributed by atoms with E-state index in [2.05, 4.69) is 5.48 Å². The molecule has 2 unspecified atom stereocenters. The molecule has 2 aliphatic heterocycles. The van der Waals surface area contributed by atoms with Gasteiger partial charge in [-0.25, -0.2) is 14.7 Å². The minimum atomic E-state index is -0.351. The van der Waals surface area contributed by atoms with Crippen molar-refractivity contribution >= 4 is 17.7 Å². The number of hydrogen-bond donors (Lipinski definition) is 1. The number of amides is 1. The molecule has 0 aliphatic carbocycles. The normalized spacial score (nSPS) is 23.8. The van der Waals surface area contributed by atoms with Crippen LogP contribution in [-0.2, 0) is 19.1 Å². The summed E-state index contributed by atoms with van der Waals surface area (Å²) in [6, 6.07) is 13.8. The summed E-state index contributed by atoms with van der Waals surface area (Å²) < 4.78 is 24.1. The number of benzene rings is 2. The highest BCUT2D eigenvalue weighted by Gasteiger charge is 2.37. The summed E-state index contributed by atoms with van der Waals surface area (Å²) >= 11 is 1.83. The van der Waals surface area contributed by atoms with Crippen molar-refractivity contribution in [3.8, 4) is 11.5 Å². The zero-order valence-corrected chi connectivity index (χ0v) is 18.3. The van der Waals surface area contributed by atoms with Crippen LogP contribution in [0.4, 0.5) is 4.39 Å². The quantitative estimate of drug-likeness (QED) is 0.555. The molecule has 2 saturated heterocycles. The van der Waals surface area contributed by atoms with E-state index in [9.17, 15) is 9.18 Å². The van der Waals surface area contributed by atoms with Gasteiger partial charge in [0.05, 0.1) is 0 Å². The molecule has 2 heterocycles. The van der Waals surface area contributed by atoms with Gasteiger partial charge in [0, 0.05) is 24.2 Å². The highest BCUT2D eigenvalue weighted by Crippen LogP contribution is 2.48. The predicted molar refractivity (Wildman–Crippen MR) is 118 cm³/mol. The third kappa shape index (κ3) is 5.99. The molecule has 166 valence electrons. The lowest BCUT2D eigenvalue weighted by Gasteiger charge is -2.37. The molecule has 2 aromatic carbocycles. The first-order valence-electron chi connectivity index (χ1n) is 10.9. The molecule has 0 bridgehead atoms. The highest BCUT2D eigenvalue weighted by molar-refractivity contribution is 8.00. The molecule has 2 aromatic rings. The molecule has 1 N–H and O–H groups in total. The van der Waals surface area contributed by atoms with Crippen LogP contribution in [0.2, 0.25) is 0 Å². The van der Waals surface area contributed by atoms with Crippen LogP contribution >= 0.6 is 11.8 Å². The van der Waals surface area contributed by atoms with Crippen molar-refractivity contribution in [2.75, 3.05) is 12.4 Å². The molecule has 7 heteroatoms. The number of hydroxylamine groups is 1. The zero-order chi connectivity index (χ0) is 21.5. The fourth-order valence-corrected chi connectivity index (χ4v) is 5.58. The Bertz CT molecular complexity index is 847. The molecule has 0 aromatic heterocycles. The largest absolute Gasteiger partial charge is 0.457 e. The van der Waals surface area contributed by atoms with Crippen LogP contribution in [0.25, 0.3) is 0 Å². The van der Waals surface area contributed by atoms with Crippen molar-refractivity contribution in [1.29, 1.82) is 0 Å². The average molecular weight is 446 g/mol. The van der Waals surface area contributed by atoms with Gasteiger partial charge in [0.25, 0.3) is 0 Å². The van der Waals surface area contributed by atoms with Crippen molar-refractivity contribution in [3.63, 3.8) is 0 Å². The van der Waals surface area contributed by atoms with Crippen LogP contribution in [0.3, 0.4) is 0 Å². The van der Waals surface area contributed by atoms with E-state index in [0.29, 0.717) is 24.5 Å². The Labute approximate surface area is 186 Å². The molecule has 31 heavy (non-hydrogen) atoms. The third-order valence-corrected chi connectivity index (χ3v) is 7.30. The Morgan fingerprint density at radius 3 is 2.45 bits per heavy atom. The molecule has 0 radical (unpaired) electrons. The monoisotopic (exact) mass is 445 g/mol. The van der Waals surface area contributed by atoms with E-state index in [4.69, 9.17) is 14.3 Å². The minimum Gasteiger partial charge on any atom is -0.457 e. The van der Waals surface area contributed by atoms with Gasteiger partial charge in [0.15, 0.2) is 6.29 Å². The van der Waals surface area contributed by atoms with Gasteiger partial charge in [-0.1, -0.05) is 18.6 Å². The van der Waals surface area contributed by atoms with Crippen molar-refractivity contribution in [2.24, 2.45) is 0 Å². The Balaban J connectivity index is 1.41. The maximum absolute atomic E-state index is 13.1. The van der Waals surface area contributed by atoms with Crippen molar-refractivity contribution < 1.29 is 23.5 Å². The van der Waals surface area contributed by atoms with Crippen LogP contribution < -0.4 is 10.2 Å². The van der Waals surface area contributed by atoms with Crippen molar-refractivity contribution in [2.45, 2.75) is 56.0 Å². The fourth-order valence-electron chi connectivity index (χ4n) is 4.02. The Morgan fingerprint density at radius 1 is 1.06 bits per heavy atom. The smallest absolute Gasteiger partial charge is 0.245 e. The van der Waals surface area contributed by atoms with E-state index >= 15 is 0 Å². The standard InChI is InChI=1S/C24H28FNO4S/c25-19-8-12-21(13-9-19)29-20-10-6-18(7-11-20)24(14-2-4-16-31-24)17-22(27)26-30-23-5-1-3-15-28-23/h6-13,23H,1-5,14-17H2,(H,26,27). The van der Waals surface area contributed by atoms with E-state index < -0.39 is 0 Å². The summed E-state index contributed by atoms with van der Waals surface area (Å²) in [7, 11) is 0. The number of thioether (sulfide) groups is 1. The first-order chi connectivity index (χ1) is 15.1. The summed E-state index contributed by atoms with van der Waals surface area (Å²) in [5, 5.41) is 0. The Hall–Kier alpha value is -2.09. The summed E-state index contributed by atoms with van der Waals surface area (Å²) in [5.41, 5.74) is 3.71. The third-order valence-electron chi connectivity index (χ3n) is 5.67. The van der Waals surface area contributed by atoms with Gasteiger partial charge in [0.1, 0.15) is 17.3 Å². The maximum Gasteiger partial charge on any atom is 0.245 e. The molecule has 2 fully saturated rings. The number of carbonyl (C=O) groups is 1. The maximum atomic E-state index is 13.1. The second-order valence-corrected chi connectivity index (χ2v) is 9.47. The molecule has 2 aliphatic rings. The average Bonchev–Trinajstić information content (AvgIpc) is 2.81. The molecular weight excluding hydrogens is 417 g/mol. The first kappa shape index (κ1) is 22.1. The van der Waals surface area contributed by atoms with Crippen molar-refractivity contribution in [1.82, 2.24) is 5.48 Å². The first-order valence-corrected chi connectivity index (χ1v) is 11.9. The Kier molecular flexibility index (Phi) is 7.48. The van der Waals surface area contributed by atoms with E-state index in [1.807, 2.05) is 36.0 Å². The second-order valence-electron chi connectivity index (χ2n) is 8.00. The molecule has 5 nitrogen and oxygen atoms in total. The lowest BCUT2D eigenvalue weighted by Crippen LogP contribution is -2.37. The van der Waals surface area contributed by atoms with Gasteiger partial charge in [-0.2, -0.15) is 0 Å². The summed E-state index contributed by atoms with van der Waals surface area (Å²) in [6.07, 6.45) is 6.06. The Morgan fingerprint density at radius 2 is 1.81 bits per heavy atom. The summed E-state index contributed by atoms with van der Waals surface area (Å²) in [5.74, 6) is 1.85. The van der Waals surface area contributed by atoms with Gasteiger partial charge < -0.3 is 9.47 Å². The van der Waals surface area contributed by atoms with Gasteiger partial charge in [-0.15, -0.1) is 11.8 Å². The predicted octanol–water partition coefficient (Wildman–Crippen LogP) is 5.69. The summed E-state index contributed by atoms with van der Waals surface area (Å²) in [6.45, 7) is 0.673. The van der Waals surface area contributed by atoms with Gasteiger partial charge in [0.2, 0.25) is 5.91 Å². The van der Waals surface area contributed by atoms with Crippen molar-refractivity contribution in [3.05, 3.63) is 59.9 Å². The van der Waals surface area contributed by atoms with Gasteiger partial charge in [-0.05, 0) is 73.4 Å². The number of carbonyl (C=O) groups excluding carboxylic acids is 1. The number of hydrogen-bond acceptors (Lipinski definition) is 5. The minimum absolute atomic E-state index is 0.129. The van der Waals surface area contributed by atoms with E-state index in [1.165, 1.54) is 12.1 Å². The number of rotatable bonds is 7. The number of ether oxygens (including phenoxy) is 2. The van der Waals surface area contributed by atoms with E-state index in [-0.39, 0.29) is 22.8 Å². The summed E-state index contributed by atoms with van der Waals surface area (Å²) in [4.78, 5) is 18.2. The van der Waals surface area contributed by atoms with E-state index in [0.717, 1.165) is 49.8 Å². The molecular formula is C24H28FNO4S.